The highest BCUT2D eigenvalue weighted by Gasteiger charge is 2.62. The number of hydrogen-bond donors (Lipinski definition) is 0. The SMILES string of the molecule is CC1(C(F)(F)F)OC(=C(C#N)C#N)C(C#N)=C1/C=C/C1=C(Cl)C(=C/C=C2/C(C#N)=C(C(C#N)C#N)OC2(C)C(F)(F)F)/CCC1. The largest absolute Gasteiger partial charge is 0.474 e. The first-order chi connectivity index (χ1) is 21.0. The van der Waals surface area contributed by atoms with Gasteiger partial charge in [-0.1, -0.05) is 35.9 Å². The van der Waals surface area contributed by atoms with E-state index in [2.05, 4.69) is 0 Å². The molecular weight excluding hydrogens is 626 g/mol. The van der Waals surface area contributed by atoms with Crippen molar-refractivity contribution in [1.29, 1.82) is 31.6 Å². The van der Waals surface area contributed by atoms with Crippen molar-refractivity contribution in [3.8, 4) is 36.4 Å². The van der Waals surface area contributed by atoms with E-state index in [1.54, 1.807) is 12.1 Å². The standard InChI is InChI=1S/C30H17ClF6N6O2/c1-27(29(32,33)34)22(20(14-42)25(44-27)18(10-38)11-39)8-6-16-4-3-5-17(24(16)31)7-9-23-21(15-43)26(19(12-40)13-41)45-28(23,2)30(35,36)37/h6-9,18H,3-5H2,1-2H3/b9-7+,16-6+,22-8-. The molecule has 2 atom stereocenters. The van der Waals surface area contributed by atoms with Gasteiger partial charge in [0, 0.05) is 16.2 Å². The van der Waals surface area contributed by atoms with Gasteiger partial charge in [0.15, 0.2) is 17.3 Å². The van der Waals surface area contributed by atoms with Gasteiger partial charge in [0.05, 0.1) is 17.7 Å². The maximum Gasteiger partial charge on any atom is 0.432 e. The lowest BCUT2D eigenvalue weighted by Crippen LogP contribution is -2.44. The topological polar surface area (TPSA) is 161 Å². The van der Waals surface area contributed by atoms with E-state index in [1.165, 1.54) is 36.4 Å². The van der Waals surface area contributed by atoms with Crippen LogP contribution < -0.4 is 0 Å². The van der Waals surface area contributed by atoms with Crippen molar-refractivity contribution >= 4 is 11.6 Å². The van der Waals surface area contributed by atoms with E-state index in [4.69, 9.17) is 31.6 Å². The van der Waals surface area contributed by atoms with Crippen molar-refractivity contribution in [2.24, 2.45) is 5.92 Å². The predicted octanol–water partition coefficient (Wildman–Crippen LogP) is 7.34. The minimum Gasteiger partial charge on any atom is -0.474 e. The van der Waals surface area contributed by atoms with Gasteiger partial charge in [0.2, 0.25) is 11.2 Å². The third kappa shape index (κ3) is 5.77. The first-order valence-corrected chi connectivity index (χ1v) is 13.0. The second kappa shape index (κ2) is 12.3. The lowest BCUT2D eigenvalue weighted by Gasteiger charge is -2.29. The smallest absolute Gasteiger partial charge is 0.432 e. The molecule has 0 aromatic heterocycles. The van der Waals surface area contributed by atoms with Gasteiger partial charge in [-0.05, 0) is 44.3 Å². The molecular formula is C30H17ClF6N6O2. The summed E-state index contributed by atoms with van der Waals surface area (Å²) in [4.78, 5) is 0. The first-order valence-electron chi connectivity index (χ1n) is 12.6. The first kappa shape index (κ1) is 34.1. The summed E-state index contributed by atoms with van der Waals surface area (Å²) in [6.07, 6.45) is -5.19. The minimum absolute atomic E-state index is 0.0335. The zero-order valence-corrected chi connectivity index (χ0v) is 23.9. The molecule has 0 aromatic rings. The van der Waals surface area contributed by atoms with Crippen LogP contribution >= 0.6 is 11.6 Å². The quantitative estimate of drug-likeness (QED) is 0.227. The maximum absolute atomic E-state index is 14.1. The van der Waals surface area contributed by atoms with Crippen LogP contribution in [0.25, 0.3) is 0 Å². The van der Waals surface area contributed by atoms with Crippen LogP contribution in [-0.4, -0.2) is 23.6 Å². The Bertz CT molecular complexity index is 1790. The summed E-state index contributed by atoms with van der Waals surface area (Å²) in [6.45, 7) is 1.26. The van der Waals surface area contributed by atoms with Crippen LogP contribution in [0.15, 0.2) is 79.9 Å². The maximum atomic E-state index is 14.1. The summed E-state index contributed by atoms with van der Waals surface area (Å²) >= 11 is 6.51. The lowest BCUT2D eigenvalue weighted by molar-refractivity contribution is -0.238. The fraction of sp³-hybridized carbons (Fsp3) is 0.333. The second-order valence-corrected chi connectivity index (χ2v) is 10.3. The van der Waals surface area contributed by atoms with Crippen molar-refractivity contribution in [2.45, 2.75) is 56.7 Å². The zero-order valence-electron chi connectivity index (χ0n) is 23.2. The molecule has 0 saturated carbocycles. The van der Waals surface area contributed by atoms with Crippen LogP contribution in [0.4, 0.5) is 26.3 Å². The highest BCUT2D eigenvalue weighted by molar-refractivity contribution is 6.32. The third-order valence-electron chi connectivity index (χ3n) is 7.30. The van der Waals surface area contributed by atoms with Gasteiger partial charge in [-0.3, -0.25) is 0 Å². The molecule has 2 heterocycles. The average molecular weight is 643 g/mol. The summed E-state index contributed by atoms with van der Waals surface area (Å²) in [5.74, 6) is -3.38. The van der Waals surface area contributed by atoms with Crippen LogP contribution in [-0.2, 0) is 9.47 Å². The molecule has 45 heavy (non-hydrogen) atoms. The highest BCUT2D eigenvalue weighted by atomic mass is 35.5. The molecule has 3 aliphatic rings. The zero-order chi connectivity index (χ0) is 34.0. The highest BCUT2D eigenvalue weighted by Crippen LogP contribution is 2.51. The molecule has 15 heteroatoms. The number of nitriles is 6. The number of nitrogens with zero attached hydrogens (tertiary/aromatic N) is 6. The van der Waals surface area contributed by atoms with Gasteiger partial charge in [0.25, 0.3) is 0 Å². The second-order valence-electron chi connectivity index (χ2n) is 9.93. The molecule has 0 radical (unpaired) electrons. The van der Waals surface area contributed by atoms with Crippen molar-refractivity contribution in [2.75, 3.05) is 0 Å². The Labute approximate surface area is 257 Å². The fourth-order valence-corrected chi connectivity index (χ4v) is 5.04. The molecule has 0 bridgehead atoms. The van der Waals surface area contributed by atoms with Crippen LogP contribution in [0, 0.1) is 73.9 Å². The van der Waals surface area contributed by atoms with E-state index in [0.717, 1.165) is 12.2 Å². The normalized spacial score (nSPS) is 25.5. The monoisotopic (exact) mass is 642 g/mol. The Kier molecular flexibility index (Phi) is 9.31. The molecule has 3 rings (SSSR count). The van der Waals surface area contributed by atoms with Gasteiger partial charge in [0.1, 0.15) is 35.6 Å². The van der Waals surface area contributed by atoms with Gasteiger partial charge in [-0.25, -0.2) is 0 Å². The molecule has 2 aliphatic heterocycles. The van der Waals surface area contributed by atoms with Gasteiger partial charge in [-0.15, -0.1) is 0 Å². The van der Waals surface area contributed by atoms with E-state index in [-0.39, 0.29) is 29.0 Å². The molecule has 0 saturated heterocycles. The van der Waals surface area contributed by atoms with Crippen molar-refractivity contribution in [3.05, 3.63) is 79.9 Å². The van der Waals surface area contributed by atoms with E-state index < -0.39 is 68.9 Å². The molecule has 8 nitrogen and oxygen atoms in total. The molecule has 0 aromatic carbocycles. The number of ether oxygens (including phenoxy) is 2. The Morgan fingerprint density at radius 2 is 1.40 bits per heavy atom. The van der Waals surface area contributed by atoms with E-state index in [1.807, 2.05) is 0 Å². The lowest BCUT2D eigenvalue weighted by atomic mass is 9.88. The molecule has 0 amide bonds. The molecule has 2 unspecified atom stereocenters. The molecule has 1 aliphatic carbocycles. The third-order valence-corrected chi connectivity index (χ3v) is 7.78. The predicted molar refractivity (Wildman–Crippen MR) is 141 cm³/mol. The van der Waals surface area contributed by atoms with Crippen molar-refractivity contribution in [3.63, 3.8) is 0 Å². The van der Waals surface area contributed by atoms with E-state index in [0.29, 0.717) is 20.3 Å². The molecule has 228 valence electrons. The minimum atomic E-state index is -5.09. The number of hydrogen-bond acceptors (Lipinski definition) is 8. The summed E-state index contributed by atoms with van der Waals surface area (Å²) in [5.41, 5.74) is -9.28. The number of allylic oxidation sites excluding steroid dienone is 9. The van der Waals surface area contributed by atoms with Crippen LogP contribution in [0.5, 0.6) is 0 Å². The van der Waals surface area contributed by atoms with Gasteiger partial charge < -0.3 is 9.47 Å². The fourth-order valence-electron chi connectivity index (χ4n) is 4.73. The van der Waals surface area contributed by atoms with Gasteiger partial charge in [-0.2, -0.15) is 57.9 Å². The van der Waals surface area contributed by atoms with Crippen LogP contribution in [0.2, 0.25) is 0 Å². The molecule has 0 fully saturated rings. The average Bonchev–Trinajstić information content (AvgIpc) is 3.44. The molecule has 0 N–H and O–H groups in total. The summed E-state index contributed by atoms with van der Waals surface area (Å²) in [7, 11) is 0. The Morgan fingerprint density at radius 3 is 1.89 bits per heavy atom. The Morgan fingerprint density at radius 1 is 0.822 bits per heavy atom. The molecule has 0 spiro atoms. The summed E-state index contributed by atoms with van der Waals surface area (Å²) in [5, 5.41) is 56.0. The van der Waals surface area contributed by atoms with E-state index >= 15 is 0 Å². The number of halogens is 7. The number of rotatable bonds is 4. The summed E-state index contributed by atoms with van der Waals surface area (Å²) in [6, 6.07) is 8.88. The Hall–Kier alpha value is -5.41. The van der Waals surface area contributed by atoms with Crippen LogP contribution in [0.1, 0.15) is 33.1 Å². The summed E-state index contributed by atoms with van der Waals surface area (Å²) < 4.78 is 94.8. The van der Waals surface area contributed by atoms with E-state index in [9.17, 15) is 47.4 Å². The number of alkyl halides is 6. The van der Waals surface area contributed by atoms with Gasteiger partial charge >= 0.3 is 12.4 Å². The van der Waals surface area contributed by atoms with Crippen molar-refractivity contribution < 1.29 is 35.8 Å². The van der Waals surface area contributed by atoms with Crippen molar-refractivity contribution in [1.82, 2.24) is 0 Å². The van der Waals surface area contributed by atoms with Crippen LogP contribution in [0.3, 0.4) is 0 Å². The Balaban J connectivity index is 2.19.